The van der Waals surface area contributed by atoms with Gasteiger partial charge in [0.15, 0.2) is 0 Å². The second kappa shape index (κ2) is 8.38. The Morgan fingerprint density at radius 1 is 1.32 bits per heavy atom. The Morgan fingerprint density at radius 2 is 2.09 bits per heavy atom. The molecule has 0 radical (unpaired) electrons. The minimum Gasteiger partial charge on any atom is -0.469 e. The van der Waals surface area contributed by atoms with Crippen molar-refractivity contribution < 1.29 is 19.1 Å². The van der Waals surface area contributed by atoms with Crippen molar-refractivity contribution in [2.75, 3.05) is 20.2 Å². The largest absolute Gasteiger partial charge is 0.469 e. The highest BCUT2D eigenvalue weighted by atomic mass is 16.5. The molecular formula is C16H22N2O4. The lowest BCUT2D eigenvalue weighted by Gasteiger charge is -2.31. The summed E-state index contributed by atoms with van der Waals surface area (Å²) >= 11 is 0. The topological polar surface area (TPSA) is 76.7 Å². The average molecular weight is 306 g/mol. The van der Waals surface area contributed by atoms with E-state index in [1.165, 1.54) is 7.11 Å². The maximum Gasteiger partial charge on any atom is 0.407 e. The molecule has 1 fully saturated rings. The Balaban J connectivity index is 1.81. The molecule has 6 heteroatoms. The van der Waals surface area contributed by atoms with E-state index in [9.17, 15) is 9.59 Å². The molecule has 1 aliphatic rings. The molecule has 1 saturated heterocycles. The van der Waals surface area contributed by atoms with Crippen LogP contribution in [0.3, 0.4) is 0 Å². The summed E-state index contributed by atoms with van der Waals surface area (Å²) in [5, 5.41) is 6.09. The normalized spacial score (nSPS) is 21.0. The highest BCUT2D eigenvalue weighted by Crippen LogP contribution is 2.16. The molecule has 22 heavy (non-hydrogen) atoms. The molecule has 2 rings (SSSR count). The van der Waals surface area contributed by atoms with E-state index < -0.39 is 6.09 Å². The van der Waals surface area contributed by atoms with Crippen LogP contribution in [0.25, 0.3) is 0 Å². The fourth-order valence-corrected chi connectivity index (χ4v) is 2.54. The summed E-state index contributed by atoms with van der Waals surface area (Å²) in [6.07, 6.45) is 0.598. The molecule has 0 bridgehead atoms. The molecule has 2 atom stereocenters. The van der Waals surface area contributed by atoms with Crippen LogP contribution in [-0.4, -0.2) is 38.3 Å². The minimum absolute atomic E-state index is 0.0190. The SMILES string of the molecule is COC(=O)C[C@H]1CNCC[C@@H]1NC(=O)OCc1ccccc1. The Hall–Kier alpha value is -2.08. The van der Waals surface area contributed by atoms with E-state index in [-0.39, 0.29) is 31.0 Å². The van der Waals surface area contributed by atoms with Crippen molar-refractivity contribution in [2.24, 2.45) is 5.92 Å². The van der Waals surface area contributed by atoms with Crippen LogP contribution in [0.4, 0.5) is 4.79 Å². The fourth-order valence-electron chi connectivity index (χ4n) is 2.54. The van der Waals surface area contributed by atoms with Crippen LogP contribution >= 0.6 is 0 Å². The number of carbonyl (C=O) groups is 2. The number of esters is 1. The van der Waals surface area contributed by atoms with E-state index in [1.54, 1.807) is 0 Å². The number of hydrogen-bond donors (Lipinski definition) is 2. The molecule has 6 nitrogen and oxygen atoms in total. The lowest BCUT2D eigenvalue weighted by atomic mass is 9.90. The summed E-state index contributed by atoms with van der Waals surface area (Å²) in [6, 6.07) is 9.43. The van der Waals surface area contributed by atoms with Crippen molar-refractivity contribution in [3.63, 3.8) is 0 Å². The van der Waals surface area contributed by atoms with Gasteiger partial charge in [-0.15, -0.1) is 0 Å². The third kappa shape index (κ3) is 5.04. The van der Waals surface area contributed by atoms with E-state index in [0.29, 0.717) is 6.54 Å². The van der Waals surface area contributed by atoms with Crippen molar-refractivity contribution in [3.8, 4) is 0 Å². The summed E-state index contributed by atoms with van der Waals surface area (Å²) < 4.78 is 9.92. The average Bonchev–Trinajstić information content (AvgIpc) is 2.55. The lowest BCUT2D eigenvalue weighted by Crippen LogP contribution is -2.50. The Kier molecular flexibility index (Phi) is 6.21. The molecule has 0 unspecified atom stereocenters. The number of rotatable bonds is 5. The first kappa shape index (κ1) is 16.3. The van der Waals surface area contributed by atoms with Gasteiger partial charge in [-0.1, -0.05) is 30.3 Å². The van der Waals surface area contributed by atoms with Gasteiger partial charge in [0.2, 0.25) is 0 Å². The van der Waals surface area contributed by atoms with Gasteiger partial charge in [0.25, 0.3) is 0 Å². The molecular weight excluding hydrogens is 284 g/mol. The lowest BCUT2D eigenvalue weighted by molar-refractivity contribution is -0.142. The Morgan fingerprint density at radius 3 is 2.82 bits per heavy atom. The van der Waals surface area contributed by atoms with Crippen LogP contribution < -0.4 is 10.6 Å². The maximum absolute atomic E-state index is 11.9. The zero-order valence-corrected chi connectivity index (χ0v) is 12.7. The molecule has 1 aromatic rings. The smallest absolute Gasteiger partial charge is 0.407 e. The zero-order chi connectivity index (χ0) is 15.8. The van der Waals surface area contributed by atoms with E-state index in [1.807, 2.05) is 30.3 Å². The molecule has 0 saturated carbocycles. The second-order valence-corrected chi connectivity index (χ2v) is 5.35. The van der Waals surface area contributed by atoms with Gasteiger partial charge in [-0.3, -0.25) is 4.79 Å². The molecule has 2 N–H and O–H groups in total. The number of piperidine rings is 1. The Bertz CT molecular complexity index is 492. The highest BCUT2D eigenvalue weighted by molar-refractivity contribution is 5.70. The van der Waals surface area contributed by atoms with Crippen LogP contribution in [0.2, 0.25) is 0 Å². The molecule has 0 spiro atoms. The third-order valence-electron chi connectivity index (χ3n) is 3.78. The number of hydrogen-bond acceptors (Lipinski definition) is 5. The van der Waals surface area contributed by atoms with Gasteiger partial charge in [-0.05, 0) is 18.5 Å². The number of benzene rings is 1. The molecule has 1 aliphatic heterocycles. The molecule has 1 heterocycles. The number of amides is 1. The van der Waals surface area contributed by atoms with E-state index in [2.05, 4.69) is 10.6 Å². The van der Waals surface area contributed by atoms with Gasteiger partial charge >= 0.3 is 12.1 Å². The molecule has 120 valence electrons. The van der Waals surface area contributed by atoms with Crippen molar-refractivity contribution in [3.05, 3.63) is 35.9 Å². The predicted octanol–water partition coefficient (Wildman–Crippen LogP) is 1.45. The van der Waals surface area contributed by atoms with E-state index >= 15 is 0 Å². The monoisotopic (exact) mass is 306 g/mol. The third-order valence-corrected chi connectivity index (χ3v) is 3.78. The van der Waals surface area contributed by atoms with Crippen LogP contribution in [0.15, 0.2) is 30.3 Å². The number of ether oxygens (including phenoxy) is 2. The van der Waals surface area contributed by atoms with Gasteiger partial charge in [0.1, 0.15) is 6.61 Å². The summed E-state index contributed by atoms with van der Waals surface area (Å²) in [5.41, 5.74) is 0.939. The van der Waals surface area contributed by atoms with Crippen LogP contribution in [-0.2, 0) is 20.9 Å². The minimum atomic E-state index is -0.453. The number of carbonyl (C=O) groups excluding carboxylic acids is 2. The summed E-state index contributed by atoms with van der Waals surface area (Å²) in [4.78, 5) is 23.3. The van der Waals surface area contributed by atoms with Crippen molar-refractivity contribution in [1.82, 2.24) is 10.6 Å². The van der Waals surface area contributed by atoms with E-state index in [0.717, 1.165) is 18.5 Å². The molecule has 0 aliphatic carbocycles. The molecule has 0 aromatic heterocycles. The standard InChI is InChI=1S/C16H22N2O4/c1-21-15(19)9-13-10-17-8-7-14(13)18-16(20)22-11-12-5-3-2-4-6-12/h2-6,13-14,17H,7-11H2,1H3,(H,18,20)/t13-,14-/m0/s1. The summed E-state index contributed by atoms with van der Waals surface area (Å²) in [5.74, 6) is -0.247. The van der Waals surface area contributed by atoms with Gasteiger partial charge < -0.3 is 20.1 Å². The quantitative estimate of drug-likeness (QED) is 0.805. The first-order valence-corrected chi connectivity index (χ1v) is 7.44. The van der Waals surface area contributed by atoms with Crippen molar-refractivity contribution >= 4 is 12.1 Å². The van der Waals surface area contributed by atoms with E-state index in [4.69, 9.17) is 9.47 Å². The maximum atomic E-state index is 11.9. The van der Waals surface area contributed by atoms with Crippen molar-refractivity contribution in [2.45, 2.75) is 25.5 Å². The number of alkyl carbamates (subject to hydrolysis) is 1. The highest BCUT2D eigenvalue weighted by Gasteiger charge is 2.29. The van der Waals surface area contributed by atoms with Gasteiger partial charge in [-0.25, -0.2) is 4.79 Å². The summed E-state index contributed by atoms with van der Waals surface area (Å²) in [6.45, 7) is 1.72. The zero-order valence-electron chi connectivity index (χ0n) is 12.7. The molecule has 1 aromatic carbocycles. The van der Waals surface area contributed by atoms with Gasteiger partial charge in [0, 0.05) is 18.5 Å². The van der Waals surface area contributed by atoms with Gasteiger partial charge in [0.05, 0.1) is 13.5 Å². The van der Waals surface area contributed by atoms with Crippen molar-refractivity contribution in [1.29, 1.82) is 0 Å². The van der Waals surface area contributed by atoms with Crippen LogP contribution in [0.1, 0.15) is 18.4 Å². The second-order valence-electron chi connectivity index (χ2n) is 5.35. The first-order valence-electron chi connectivity index (χ1n) is 7.44. The summed E-state index contributed by atoms with van der Waals surface area (Å²) in [7, 11) is 1.37. The van der Waals surface area contributed by atoms with Crippen LogP contribution in [0, 0.1) is 5.92 Å². The molecule has 1 amide bonds. The number of methoxy groups -OCH3 is 1. The predicted molar refractivity (Wildman–Crippen MR) is 81.2 cm³/mol. The first-order chi connectivity index (χ1) is 10.7. The number of nitrogens with one attached hydrogen (secondary N) is 2. The Labute approximate surface area is 130 Å². The fraction of sp³-hybridized carbons (Fsp3) is 0.500. The van der Waals surface area contributed by atoms with Crippen LogP contribution in [0.5, 0.6) is 0 Å². The van der Waals surface area contributed by atoms with Gasteiger partial charge in [-0.2, -0.15) is 0 Å².